The van der Waals surface area contributed by atoms with Crippen LogP contribution in [0.2, 0.25) is 0 Å². The quantitative estimate of drug-likeness (QED) is 0.793. The van der Waals surface area contributed by atoms with E-state index >= 15 is 0 Å². The summed E-state index contributed by atoms with van der Waals surface area (Å²) >= 11 is 1.65. The first-order chi connectivity index (χ1) is 10.6. The minimum absolute atomic E-state index is 0.129. The lowest BCUT2D eigenvalue weighted by atomic mass is 10.1. The molecule has 0 aliphatic rings. The molecule has 0 atom stereocenters. The molecule has 4 nitrogen and oxygen atoms in total. The number of nitrogens with one attached hydrogen (secondary N) is 1. The van der Waals surface area contributed by atoms with E-state index in [0.29, 0.717) is 17.9 Å². The van der Waals surface area contributed by atoms with Gasteiger partial charge in [0, 0.05) is 24.5 Å². The van der Waals surface area contributed by atoms with Crippen LogP contribution in [-0.2, 0) is 6.54 Å². The number of amides is 1. The maximum Gasteiger partial charge on any atom is 0.255 e. The Morgan fingerprint density at radius 2 is 2.14 bits per heavy atom. The molecule has 0 aromatic carbocycles. The molecule has 3 rings (SSSR count). The largest absolute Gasteiger partial charge is 0.466 e. The molecular weight excluding hydrogens is 296 g/mol. The zero-order chi connectivity index (χ0) is 15.5. The van der Waals surface area contributed by atoms with Crippen molar-refractivity contribution in [1.29, 1.82) is 0 Å². The van der Waals surface area contributed by atoms with Gasteiger partial charge in [0.1, 0.15) is 11.5 Å². The van der Waals surface area contributed by atoms with Crippen molar-refractivity contribution in [2.75, 3.05) is 0 Å². The SMILES string of the molecule is Cc1cc(C(=O)NCc2cncc(-c3ccsc3)c2)c(C)o1. The standard InChI is InChI=1S/C17H16N2O2S/c1-11-5-16(12(2)21-11)17(20)19-8-13-6-15(9-18-7-13)14-3-4-22-10-14/h3-7,9-10H,8H2,1-2H3,(H,19,20). The molecule has 0 bridgehead atoms. The molecule has 0 saturated carbocycles. The predicted octanol–water partition coefficient (Wildman–Crippen LogP) is 3.95. The summed E-state index contributed by atoms with van der Waals surface area (Å²) in [4.78, 5) is 16.4. The summed E-state index contributed by atoms with van der Waals surface area (Å²) in [6.45, 7) is 4.06. The molecule has 0 radical (unpaired) electrons. The van der Waals surface area contributed by atoms with Gasteiger partial charge in [-0.15, -0.1) is 0 Å². The average molecular weight is 312 g/mol. The highest BCUT2D eigenvalue weighted by Crippen LogP contribution is 2.22. The van der Waals surface area contributed by atoms with E-state index in [2.05, 4.69) is 21.7 Å². The summed E-state index contributed by atoms with van der Waals surface area (Å²) in [7, 11) is 0. The van der Waals surface area contributed by atoms with E-state index in [0.717, 1.165) is 22.5 Å². The fourth-order valence-corrected chi connectivity index (χ4v) is 2.97. The van der Waals surface area contributed by atoms with E-state index in [1.54, 1.807) is 30.5 Å². The summed E-state index contributed by atoms with van der Waals surface area (Å²) in [5.41, 5.74) is 3.75. The number of pyridine rings is 1. The van der Waals surface area contributed by atoms with Crippen molar-refractivity contribution in [3.05, 3.63) is 64.0 Å². The predicted molar refractivity (Wildman–Crippen MR) is 86.9 cm³/mol. The first-order valence-electron chi connectivity index (χ1n) is 6.95. The van der Waals surface area contributed by atoms with Gasteiger partial charge in [-0.25, -0.2) is 0 Å². The molecule has 0 saturated heterocycles. The average Bonchev–Trinajstić information content (AvgIpc) is 3.15. The minimum atomic E-state index is -0.129. The summed E-state index contributed by atoms with van der Waals surface area (Å²) < 4.78 is 5.38. The molecule has 3 aromatic heterocycles. The second kappa shape index (κ2) is 6.15. The van der Waals surface area contributed by atoms with Gasteiger partial charge in [0.05, 0.1) is 5.56 Å². The highest BCUT2D eigenvalue weighted by atomic mass is 32.1. The lowest BCUT2D eigenvalue weighted by Gasteiger charge is -2.06. The maximum atomic E-state index is 12.2. The van der Waals surface area contributed by atoms with Gasteiger partial charge in [-0.1, -0.05) is 0 Å². The van der Waals surface area contributed by atoms with Crippen LogP contribution in [0.15, 0.2) is 45.8 Å². The number of hydrogen-bond acceptors (Lipinski definition) is 4. The Kier molecular flexibility index (Phi) is 4.06. The molecule has 3 aromatic rings. The molecule has 0 spiro atoms. The van der Waals surface area contributed by atoms with Crippen molar-refractivity contribution >= 4 is 17.2 Å². The number of furan rings is 1. The molecule has 0 fully saturated rings. The smallest absolute Gasteiger partial charge is 0.255 e. The number of aromatic nitrogens is 1. The molecule has 5 heteroatoms. The van der Waals surface area contributed by atoms with E-state index in [4.69, 9.17) is 4.42 Å². The molecular formula is C17H16N2O2S. The summed E-state index contributed by atoms with van der Waals surface area (Å²) in [6.07, 6.45) is 3.60. The first-order valence-corrected chi connectivity index (χ1v) is 7.89. The molecule has 0 aliphatic carbocycles. The zero-order valence-corrected chi connectivity index (χ0v) is 13.2. The van der Waals surface area contributed by atoms with Crippen molar-refractivity contribution in [3.8, 4) is 11.1 Å². The Morgan fingerprint density at radius 1 is 1.27 bits per heavy atom. The van der Waals surface area contributed by atoms with E-state index in [9.17, 15) is 4.79 Å². The number of hydrogen-bond donors (Lipinski definition) is 1. The monoisotopic (exact) mass is 312 g/mol. The molecule has 0 aliphatic heterocycles. The third-order valence-electron chi connectivity index (χ3n) is 3.39. The van der Waals surface area contributed by atoms with Gasteiger partial charge in [-0.2, -0.15) is 11.3 Å². The van der Waals surface area contributed by atoms with E-state index in [1.807, 2.05) is 24.6 Å². The molecule has 112 valence electrons. The van der Waals surface area contributed by atoms with Crippen LogP contribution < -0.4 is 5.32 Å². The normalized spacial score (nSPS) is 10.6. The number of thiophene rings is 1. The highest BCUT2D eigenvalue weighted by Gasteiger charge is 2.13. The van der Waals surface area contributed by atoms with Crippen molar-refractivity contribution in [2.24, 2.45) is 0 Å². The Morgan fingerprint density at radius 3 is 2.82 bits per heavy atom. The lowest BCUT2D eigenvalue weighted by molar-refractivity contribution is 0.0949. The Balaban J connectivity index is 1.70. The molecule has 1 amide bonds. The van der Waals surface area contributed by atoms with Crippen molar-refractivity contribution in [3.63, 3.8) is 0 Å². The summed E-state index contributed by atoms with van der Waals surface area (Å²) in [5, 5.41) is 7.02. The van der Waals surface area contributed by atoms with Crippen LogP contribution in [-0.4, -0.2) is 10.9 Å². The van der Waals surface area contributed by atoms with Crippen LogP contribution in [0.1, 0.15) is 27.4 Å². The van der Waals surface area contributed by atoms with E-state index in [1.165, 1.54) is 0 Å². The van der Waals surface area contributed by atoms with Gasteiger partial charge in [-0.3, -0.25) is 9.78 Å². The van der Waals surface area contributed by atoms with Crippen molar-refractivity contribution in [2.45, 2.75) is 20.4 Å². The fourth-order valence-electron chi connectivity index (χ4n) is 2.30. The Hall–Kier alpha value is -2.40. The lowest BCUT2D eigenvalue weighted by Crippen LogP contribution is -2.23. The van der Waals surface area contributed by atoms with Gasteiger partial charge in [0.15, 0.2) is 0 Å². The van der Waals surface area contributed by atoms with E-state index < -0.39 is 0 Å². The Labute approximate surface area is 132 Å². The number of aryl methyl sites for hydroxylation is 2. The van der Waals surface area contributed by atoms with Crippen LogP contribution in [0.5, 0.6) is 0 Å². The topological polar surface area (TPSA) is 55.1 Å². The van der Waals surface area contributed by atoms with Crippen molar-refractivity contribution < 1.29 is 9.21 Å². The first kappa shape index (κ1) is 14.5. The van der Waals surface area contributed by atoms with Gasteiger partial charge in [0.25, 0.3) is 5.91 Å². The van der Waals surface area contributed by atoms with Gasteiger partial charge in [-0.05, 0) is 53.9 Å². The Bertz CT molecular complexity index is 791. The molecule has 0 unspecified atom stereocenters. The van der Waals surface area contributed by atoms with Crippen LogP contribution in [0.4, 0.5) is 0 Å². The number of nitrogens with zero attached hydrogens (tertiary/aromatic N) is 1. The highest BCUT2D eigenvalue weighted by molar-refractivity contribution is 7.08. The van der Waals surface area contributed by atoms with Crippen LogP contribution in [0, 0.1) is 13.8 Å². The van der Waals surface area contributed by atoms with Crippen LogP contribution in [0.25, 0.3) is 11.1 Å². The minimum Gasteiger partial charge on any atom is -0.466 e. The molecule has 1 N–H and O–H groups in total. The number of carbonyl (C=O) groups excluding carboxylic acids is 1. The second-order valence-corrected chi connectivity index (χ2v) is 5.88. The molecule has 22 heavy (non-hydrogen) atoms. The van der Waals surface area contributed by atoms with Crippen LogP contribution >= 0.6 is 11.3 Å². The van der Waals surface area contributed by atoms with Crippen LogP contribution in [0.3, 0.4) is 0 Å². The van der Waals surface area contributed by atoms with E-state index in [-0.39, 0.29) is 5.91 Å². The third kappa shape index (κ3) is 3.09. The second-order valence-electron chi connectivity index (χ2n) is 5.10. The summed E-state index contributed by atoms with van der Waals surface area (Å²) in [5.74, 6) is 1.25. The van der Waals surface area contributed by atoms with Gasteiger partial charge in [0.2, 0.25) is 0 Å². The fraction of sp³-hybridized carbons (Fsp3) is 0.176. The number of carbonyl (C=O) groups is 1. The third-order valence-corrected chi connectivity index (χ3v) is 4.07. The van der Waals surface area contributed by atoms with Crippen molar-refractivity contribution in [1.82, 2.24) is 10.3 Å². The zero-order valence-electron chi connectivity index (χ0n) is 12.4. The van der Waals surface area contributed by atoms with Gasteiger partial charge < -0.3 is 9.73 Å². The summed E-state index contributed by atoms with van der Waals surface area (Å²) in [6, 6.07) is 5.86. The maximum absolute atomic E-state index is 12.2. The van der Waals surface area contributed by atoms with Gasteiger partial charge >= 0.3 is 0 Å². The molecule has 3 heterocycles. The number of rotatable bonds is 4.